The maximum atomic E-state index is 4.69. The molecule has 82 valence electrons. The number of likely N-dealkylation sites (N-methyl/N-ethyl adjacent to an activating group) is 1. The second-order valence-corrected chi connectivity index (χ2v) is 4.90. The average Bonchev–Trinajstić information content (AvgIpc) is 2.63. The van der Waals surface area contributed by atoms with Crippen molar-refractivity contribution in [2.45, 2.75) is 44.7 Å². The van der Waals surface area contributed by atoms with E-state index in [1.54, 1.807) is 5.56 Å². The fraction of sp³-hybridized carbons (Fsp3) is 0.750. The molecule has 1 aromatic rings. The number of rotatable bonds is 1. The Morgan fingerprint density at radius 3 is 2.87 bits per heavy atom. The Balaban J connectivity index is 2.14. The zero-order valence-electron chi connectivity index (χ0n) is 9.82. The minimum absolute atomic E-state index is 0.655. The number of hydrogen-bond donors (Lipinski definition) is 0. The molecular weight excluding hydrogens is 186 g/mol. The Morgan fingerprint density at radius 1 is 1.33 bits per heavy atom. The molecule has 2 atom stereocenters. The molecule has 1 fully saturated rings. The van der Waals surface area contributed by atoms with E-state index >= 15 is 0 Å². The number of nitrogens with zero attached hydrogens (tertiary/aromatic N) is 3. The van der Waals surface area contributed by atoms with E-state index in [1.165, 1.54) is 24.2 Å². The molecule has 0 N–H and O–H groups in total. The Morgan fingerprint density at radius 2 is 2.13 bits per heavy atom. The van der Waals surface area contributed by atoms with Gasteiger partial charge < -0.3 is 0 Å². The topological polar surface area (TPSA) is 21.1 Å². The third-order valence-corrected chi connectivity index (χ3v) is 4.22. The highest BCUT2D eigenvalue weighted by Gasteiger charge is 2.40. The summed E-state index contributed by atoms with van der Waals surface area (Å²) in [6, 6.07) is 1.41. The van der Waals surface area contributed by atoms with Gasteiger partial charge in [-0.3, -0.25) is 9.58 Å². The van der Waals surface area contributed by atoms with Crippen LogP contribution in [0.3, 0.4) is 0 Å². The summed E-state index contributed by atoms with van der Waals surface area (Å²) >= 11 is 0. The molecule has 3 rings (SSSR count). The minimum Gasteiger partial charge on any atom is -0.296 e. The van der Waals surface area contributed by atoms with Gasteiger partial charge in [0.2, 0.25) is 0 Å². The van der Waals surface area contributed by atoms with Crippen molar-refractivity contribution in [1.29, 1.82) is 0 Å². The second kappa shape index (κ2) is 3.08. The predicted octanol–water partition coefficient (Wildman–Crippen LogP) is 1.67. The molecule has 3 heteroatoms. The Kier molecular flexibility index (Phi) is 1.93. The van der Waals surface area contributed by atoms with E-state index in [2.05, 4.69) is 35.7 Å². The van der Waals surface area contributed by atoms with E-state index in [0.717, 1.165) is 18.9 Å². The minimum atomic E-state index is 0.655. The van der Waals surface area contributed by atoms with Crippen LogP contribution in [0.2, 0.25) is 0 Å². The van der Waals surface area contributed by atoms with Gasteiger partial charge in [-0.25, -0.2) is 0 Å². The molecule has 2 aliphatic rings. The fourth-order valence-corrected chi connectivity index (χ4v) is 3.42. The molecule has 2 aliphatic heterocycles. The molecule has 2 bridgehead atoms. The molecular formula is C12H19N3. The van der Waals surface area contributed by atoms with Crippen LogP contribution in [0.4, 0.5) is 0 Å². The maximum absolute atomic E-state index is 4.69. The zero-order valence-corrected chi connectivity index (χ0v) is 9.82. The molecule has 2 unspecified atom stereocenters. The van der Waals surface area contributed by atoms with Crippen LogP contribution in [0, 0.1) is 0 Å². The normalized spacial score (nSPS) is 29.5. The largest absolute Gasteiger partial charge is 0.296 e. The van der Waals surface area contributed by atoms with E-state index in [0.29, 0.717) is 6.04 Å². The van der Waals surface area contributed by atoms with Gasteiger partial charge >= 0.3 is 0 Å². The van der Waals surface area contributed by atoms with Crippen molar-refractivity contribution < 1.29 is 0 Å². The Labute approximate surface area is 91.1 Å². The van der Waals surface area contributed by atoms with Crippen molar-refractivity contribution in [1.82, 2.24) is 14.7 Å². The summed E-state index contributed by atoms with van der Waals surface area (Å²) in [4.78, 5) is 2.56. The van der Waals surface area contributed by atoms with Crippen molar-refractivity contribution in [3.63, 3.8) is 0 Å². The summed E-state index contributed by atoms with van der Waals surface area (Å²) in [5.41, 5.74) is 4.37. The van der Waals surface area contributed by atoms with Gasteiger partial charge in [0.25, 0.3) is 0 Å². The SMILES string of the molecule is CCc1c2c(nn1C)CC1CCC2N1C. The predicted molar refractivity (Wildman–Crippen MR) is 59.8 cm³/mol. The summed E-state index contributed by atoms with van der Waals surface area (Å²) in [6.07, 6.45) is 4.95. The molecule has 1 aromatic heterocycles. The van der Waals surface area contributed by atoms with Crippen LogP contribution in [0.1, 0.15) is 42.8 Å². The lowest BCUT2D eigenvalue weighted by Crippen LogP contribution is -2.34. The summed E-state index contributed by atoms with van der Waals surface area (Å²) in [7, 11) is 4.36. The van der Waals surface area contributed by atoms with Crippen LogP contribution in [-0.4, -0.2) is 27.8 Å². The van der Waals surface area contributed by atoms with Gasteiger partial charge in [-0.2, -0.15) is 5.10 Å². The highest BCUT2D eigenvalue weighted by Crippen LogP contribution is 2.43. The molecule has 0 spiro atoms. The van der Waals surface area contributed by atoms with E-state index in [1.807, 2.05) is 0 Å². The van der Waals surface area contributed by atoms with E-state index in [9.17, 15) is 0 Å². The summed E-state index contributed by atoms with van der Waals surface area (Å²) in [5, 5.41) is 4.69. The van der Waals surface area contributed by atoms with E-state index in [-0.39, 0.29) is 0 Å². The number of aromatic nitrogens is 2. The average molecular weight is 205 g/mol. The van der Waals surface area contributed by atoms with Crippen molar-refractivity contribution in [3.05, 3.63) is 17.0 Å². The molecule has 0 aromatic carbocycles. The van der Waals surface area contributed by atoms with Gasteiger partial charge in [0.15, 0.2) is 0 Å². The third kappa shape index (κ3) is 1.13. The van der Waals surface area contributed by atoms with Crippen LogP contribution < -0.4 is 0 Å². The van der Waals surface area contributed by atoms with Crippen LogP contribution >= 0.6 is 0 Å². The van der Waals surface area contributed by atoms with Crippen LogP contribution in [-0.2, 0) is 19.9 Å². The molecule has 0 saturated carbocycles. The lowest BCUT2D eigenvalue weighted by Gasteiger charge is -2.31. The van der Waals surface area contributed by atoms with Crippen molar-refractivity contribution in [2.75, 3.05) is 7.05 Å². The highest BCUT2D eigenvalue weighted by atomic mass is 15.3. The van der Waals surface area contributed by atoms with Crippen LogP contribution in [0.15, 0.2) is 0 Å². The number of fused-ring (bicyclic) bond motifs is 4. The second-order valence-electron chi connectivity index (χ2n) is 4.90. The first-order valence-electron chi connectivity index (χ1n) is 5.99. The molecule has 0 radical (unpaired) electrons. The summed E-state index contributed by atoms with van der Waals surface area (Å²) < 4.78 is 2.10. The summed E-state index contributed by atoms with van der Waals surface area (Å²) in [5.74, 6) is 0. The standard InChI is InChI=1S/C12H19N3/c1-4-10-12-9(13-15(10)3)7-8-5-6-11(12)14(8)2/h8,11H,4-7H2,1-3H3. The smallest absolute Gasteiger partial charge is 0.0690 e. The molecule has 1 saturated heterocycles. The van der Waals surface area contributed by atoms with E-state index in [4.69, 9.17) is 0 Å². The van der Waals surface area contributed by atoms with Crippen molar-refractivity contribution in [3.8, 4) is 0 Å². The molecule has 0 amide bonds. The van der Waals surface area contributed by atoms with Crippen LogP contribution in [0.5, 0.6) is 0 Å². The van der Waals surface area contributed by atoms with Crippen molar-refractivity contribution in [2.24, 2.45) is 7.05 Å². The quantitative estimate of drug-likeness (QED) is 0.695. The van der Waals surface area contributed by atoms with Gasteiger partial charge in [0, 0.05) is 36.8 Å². The monoisotopic (exact) mass is 205 g/mol. The van der Waals surface area contributed by atoms with Gasteiger partial charge in [0.05, 0.1) is 5.69 Å². The first-order chi connectivity index (χ1) is 7.22. The Bertz CT molecular complexity index is 394. The van der Waals surface area contributed by atoms with Crippen LogP contribution in [0.25, 0.3) is 0 Å². The number of hydrogen-bond acceptors (Lipinski definition) is 2. The zero-order chi connectivity index (χ0) is 10.6. The number of aryl methyl sites for hydroxylation is 1. The first-order valence-corrected chi connectivity index (χ1v) is 5.99. The molecule has 15 heavy (non-hydrogen) atoms. The first kappa shape index (κ1) is 9.40. The molecule has 3 heterocycles. The van der Waals surface area contributed by atoms with Gasteiger partial charge in [0.1, 0.15) is 0 Å². The fourth-order valence-electron chi connectivity index (χ4n) is 3.42. The van der Waals surface area contributed by atoms with Gasteiger partial charge in [-0.15, -0.1) is 0 Å². The van der Waals surface area contributed by atoms with E-state index < -0.39 is 0 Å². The van der Waals surface area contributed by atoms with Gasteiger partial charge in [-0.05, 0) is 26.3 Å². The highest BCUT2D eigenvalue weighted by molar-refractivity contribution is 5.34. The molecule has 3 nitrogen and oxygen atoms in total. The van der Waals surface area contributed by atoms with Gasteiger partial charge in [-0.1, -0.05) is 6.92 Å². The lowest BCUT2D eigenvalue weighted by atomic mass is 9.97. The summed E-state index contributed by atoms with van der Waals surface area (Å²) in [6.45, 7) is 2.23. The maximum Gasteiger partial charge on any atom is 0.0690 e. The third-order valence-electron chi connectivity index (χ3n) is 4.22. The lowest BCUT2D eigenvalue weighted by molar-refractivity contribution is 0.222. The Hall–Kier alpha value is -0.830. The van der Waals surface area contributed by atoms with Crippen molar-refractivity contribution >= 4 is 0 Å². The molecule has 0 aliphatic carbocycles.